The van der Waals surface area contributed by atoms with E-state index < -0.39 is 11.6 Å². The highest BCUT2D eigenvalue weighted by molar-refractivity contribution is 5.89. The summed E-state index contributed by atoms with van der Waals surface area (Å²) in [7, 11) is 0. The lowest BCUT2D eigenvalue weighted by Gasteiger charge is -2.43. The largest absolute Gasteiger partial charge is 0.322 e. The van der Waals surface area contributed by atoms with Crippen LogP contribution in [0.15, 0.2) is 18.2 Å². The van der Waals surface area contributed by atoms with Gasteiger partial charge in [-0.05, 0) is 31.5 Å². The number of carbonyl (C=O) groups excluding carboxylic acids is 1. The third-order valence-electron chi connectivity index (χ3n) is 4.29. The van der Waals surface area contributed by atoms with Crippen LogP contribution in [-0.4, -0.2) is 48.1 Å². The Kier molecular flexibility index (Phi) is 4.05. The molecule has 2 heterocycles. The van der Waals surface area contributed by atoms with Gasteiger partial charge in [0.2, 0.25) is 0 Å². The lowest BCUT2D eigenvalue weighted by molar-refractivity contribution is 0.0678. The van der Waals surface area contributed by atoms with Crippen molar-refractivity contribution in [2.75, 3.05) is 31.5 Å². The molecule has 2 amide bonds. The van der Waals surface area contributed by atoms with E-state index in [1.165, 1.54) is 12.8 Å². The Bertz CT molecular complexity index is 538. The summed E-state index contributed by atoms with van der Waals surface area (Å²) in [6, 6.07) is 3.10. The molecule has 0 bridgehead atoms. The van der Waals surface area contributed by atoms with Gasteiger partial charge in [0.25, 0.3) is 0 Å². The number of benzene rings is 1. The van der Waals surface area contributed by atoms with E-state index in [-0.39, 0.29) is 11.7 Å². The molecule has 1 N–H and O–H groups in total. The maximum Gasteiger partial charge on any atom is 0.322 e. The van der Waals surface area contributed by atoms with E-state index in [1.54, 1.807) is 4.90 Å². The lowest BCUT2D eigenvalue weighted by Crippen LogP contribution is -2.56. The van der Waals surface area contributed by atoms with Crippen LogP contribution in [0.2, 0.25) is 0 Å². The number of halogens is 2. The third-order valence-corrected chi connectivity index (χ3v) is 4.29. The molecule has 6 heteroatoms. The summed E-state index contributed by atoms with van der Waals surface area (Å²) in [6.07, 6.45) is 3.50. The van der Waals surface area contributed by atoms with Crippen molar-refractivity contribution in [3.63, 3.8) is 0 Å². The van der Waals surface area contributed by atoms with E-state index in [0.29, 0.717) is 19.1 Å². The van der Waals surface area contributed by atoms with Crippen molar-refractivity contribution in [2.24, 2.45) is 0 Å². The molecule has 2 aliphatic heterocycles. The molecule has 0 spiro atoms. The molecule has 21 heavy (non-hydrogen) atoms. The summed E-state index contributed by atoms with van der Waals surface area (Å²) in [4.78, 5) is 16.3. The first-order chi connectivity index (χ1) is 10.1. The smallest absolute Gasteiger partial charge is 0.322 e. The predicted octanol–water partition coefficient (Wildman–Crippen LogP) is 2.67. The number of rotatable bonds is 1. The second-order valence-electron chi connectivity index (χ2n) is 5.69. The maximum absolute atomic E-state index is 13.6. The molecule has 0 saturated carbocycles. The zero-order valence-electron chi connectivity index (χ0n) is 11.8. The van der Waals surface area contributed by atoms with Crippen molar-refractivity contribution in [2.45, 2.75) is 25.3 Å². The maximum atomic E-state index is 13.6. The van der Waals surface area contributed by atoms with Crippen LogP contribution in [0.25, 0.3) is 0 Å². The number of carbonyl (C=O) groups is 1. The molecule has 1 atom stereocenters. The normalized spacial score (nSPS) is 22.8. The first-order valence-corrected chi connectivity index (χ1v) is 7.38. The number of fused-ring (bicyclic) bond motifs is 1. The Morgan fingerprint density at radius 2 is 2.05 bits per heavy atom. The van der Waals surface area contributed by atoms with Gasteiger partial charge in [0.1, 0.15) is 11.6 Å². The molecular weight excluding hydrogens is 276 g/mol. The predicted molar refractivity (Wildman–Crippen MR) is 76.2 cm³/mol. The van der Waals surface area contributed by atoms with Crippen LogP contribution in [0, 0.1) is 11.6 Å². The molecule has 4 nitrogen and oxygen atoms in total. The van der Waals surface area contributed by atoms with Crippen LogP contribution >= 0.6 is 0 Å². The van der Waals surface area contributed by atoms with E-state index in [2.05, 4.69) is 10.2 Å². The standard InChI is InChI=1S/C15H19F2N3O/c16-11-4-5-13(17)14(9-11)18-15(21)20-8-7-19-6-2-1-3-12(19)10-20/h4-5,9,12H,1-3,6-8,10H2,(H,18,21). The lowest BCUT2D eigenvalue weighted by atomic mass is 10.00. The van der Waals surface area contributed by atoms with Crippen molar-refractivity contribution >= 4 is 11.7 Å². The van der Waals surface area contributed by atoms with Crippen LogP contribution < -0.4 is 5.32 Å². The van der Waals surface area contributed by atoms with Gasteiger partial charge in [-0.1, -0.05) is 6.42 Å². The fourth-order valence-electron chi connectivity index (χ4n) is 3.13. The molecule has 0 aromatic heterocycles. The van der Waals surface area contributed by atoms with Gasteiger partial charge >= 0.3 is 6.03 Å². The Labute approximate surface area is 122 Å². The van der Waals surface area contributed by atoms with Gasteiger partial charge in [0.05, 0.1) is 5.69 Å². The van der Waals surface area contributed by atoms with Crippen LogP contribution in [0.3, 0.4) is 0 Å². The summed E-state index contributed by atoms with van der Waals surface area (Å²) >= 11 is 0. The molecule has 2 fully saturated rings. The number of anilines is 1. The average molecular weight is 295 g/mol. The monoisotopic (exact) mass is 295 g/mol. The minimum absolute atomic E-state index is 0.105. The Balaban J connectivity index is 1.64. The van der Waals surface area contributed by atoms with Gasteiger partial charge in [-0.25, -0.2) is 13.6 Å². The van der Waals surface area contributed by atoms with Gasteiger partial charge in [0.15, 0.2) is 0 Å². The van der Waals surface area contributed by atoms with Gasteiger partial charge in [-0.15, -0.1) is 0 Å². The van der Waals surface area contributed by atoms with Gasteiger partial charge in [0, 0.05) is 31.7 Å². The van der Waals surface area contributed by atoms with Crippen molar-refractivity contribution in [1.29, 1.82) is 0 Å². The molecule has 0 radical (unpaired) electrons. The summed E-state index contributed by atoms with van der Waals surface area (Å²) in [5.74, 6) is -1.19. The molecule has 1 aromatic carbocycles. The van der Waals surface area contributed by atoms with Crippen molar-refractivity contribution < 1.29 is 13.6 Å². The molecule has 3 rings (SSSR count). The summed E-state index contributed by atoms with van der Waals surface area (Å²) in [6.45, 7) is 3.23. The minimum Gasteiger partial charge on any atom is -0.322 e. The molecule has 0 aliphatic carbocycles. The molecule has 1 unspecified atom stereocenters. The number of amides is 2. The quantitative estimate of drug-likeness (QED) is 0.864. The van der Waals surface area contributed by atoms with E-state index in [0.717, 1.165) is 37.7 Å². The molecule has 1 aromatic rings. The fraction of sp³-hybridized carbons (Fsp3) is 0.533. The number of piperidine rings is 1. The second-order valence-corrected chi connectivity index (χ2v) is 5.69. The number of nitrogens with one attached hydrogen (secondary N) is 1. The third kappa shape index (κ3) is 3.15. The summed E-state index contributed by atoms with van der Waals surface area (Å²) in [5, 5.41) is 2.47. The topological polar surface area (TPSA) is 35.6 Å². The van der Waals surface area contributed by atoms with Gasteiger partial charge in [-0.3, -0.25) is 4.90 Å². The fourth-order valence-corrected chi connectivity index (χ4v) is 3.13. The molecule has 114 valence electrons. The Hall–Kier alpha value is -1.69. The molecule has 2 aliphatic rings. The van der Waals surface area contributed by atoms with Crippen LogP contribution in [0.5, 0.6) is 0 Å². The molecular formula is C15H19F2N3O. The second kappa shape index (κ2) is 5.97. The van der Waals surface area contributed by atoms with E-state index in [9.17, 15) is 13.6 Å². The average Bonchev–Trinajstić information content (AvgIpc) is 2.50. The summed E-state index contributed by atoms with van der Waals surface area (Å²) < 4.78 is 26.7. The zero-order chi connectivity index (χ0) is 14.8. The number of nitrogens with zero attached hydrogens (tertiary/aromatic N) is 2. The van der Waals surface area contributed by atoms with Crippen LogP contribution in [0.1, 0.15) is 19.3 Å². The van der Waals surface area contributed by atoms with Crippen molar-refractivity contribution in [1.82, 2.24) is 9.80 Å². The Morgan fingerprint density at radius 3 is 2.90 bits per heavy atom. The van der Waals surface area contributed by atoms with Gasteiger partial charge < -0.3 is 10.2 Å². The van der Waals surface area contributed by atoms with E-state index >= 15 is 0 Å². The first kappa shape index (κ1) is 14.3. The van der Waals surface area contributed by atoms with Crippen LogP contribution in [0.4, 0.5) is 19.3 Å². The van der Waals surface area contributed by atoms with Crippen molar-refractivity contribution in [3.8, 4) is 0 Å². The van der Waals surface area contributed by atoms with Crippen molar-refractivity contribution in [3.05, 3.63) is 29.8 Å². The number of hydrogen-bond donors (Lipinski definition) is 1. The first-order valence-electron chi connectivity index (χ1n) is 7.38. The van der Waals surface area contributed by atoms with Gasteiger partial charge in [-0.2, -0.15) is 0 Å². The highest BCUT2D eigenvalue weighted by Crippen LogP contribution is 2.22. The minimum atomic E-state index is -0.624. The Morgan fingerprint density at radius 1 is 1.19 bits per heavy atom. The SMILES string of the molecule is O=C(Nc1cc(F)ccc1F)N1CCN2CCCCC2C1. The zero-order valence-corrected chi connectivity index (χ0v) is 11.8. The highest BCUT2D eigenvalue weighted by Gasteiger charge is 2.31. The summed E-state index contributed by atoms with van der Waals surface area (Å²) in [5.41, 5.74) is -0.105. The highest BCUT2D eigenvalue weighted by atomic mass is 19.1. The molecule has 2 saturated heterocycles. The number of piperazine rings is 1. The number of urea groups is 1. The van der Waals surface area contributed by atoms with E-state index in [1.807, 2.05) is 0 Å². The number of hydrogen-bond acceptors (Lipinski definition) is 2. The van der Waals surface area contributed by atoms with E-state index in [4.69, 9.17) is 0 Å². The van der Waals surface area contributed by atoms with Crippen LogP contribution in [-0.2, 0) is 0 Å².